The van der Waals surface area contributed by atoms with Gasteiger partial charge in [-0.1, -0.05) is 0 Å². The maximum Gasteiger partial charge on any atom is 0.455 e. The third kappa shape index (κ3) is 4.80. The van der Waals surface area contributed by atoms with Gasteiger partial charge in [-0.25, -0.2) is 22.5 Å². The number of anilines is 1. The number of fused-ring (bicyclic) bond motifs is 1. The summed E-state index contributed by atoms with van der Waals surface area (Å²) in [7, 11) is 0. The van der Waals surface area contributed by atoms with Gasteiger partial charge < -0.3 is 20.4 Å². The molecule has 6 rings (SSSR count). The number of hydrogen-bond donors (Lipinski definition) is 3. The lowest BCUT2D eigenvalue weighted by molar-refractivity contribution is -0.316. The Labute approximate surface area is 253 Å². The highest BCUT2D eigenvalue weighted by Crippen LogP contribution is 2.62. The van der Waals surface area contributed by atoms with Gasteiger partial charge in [-0.2, -0.15) is 22.0 Å². The van der Waals surface area contributed by atoms with Crippen molar-refractivity contribution in [2.75, 3.05) is 31.2 Å². The van der Waals surface area contributed by atoms with Crippen molar-refractivity contribution in [3.63, 3.8) is 0 Å². The monoisotopic (exact) mass is 664 g/mol. The number of rotatable bonds is 9. The lowest BCUT2D eigenvalue weighted by Crippen LogP contribution is -2.69. The van der Waals surface area contributed by atoms with Crippen LogP contribution in [-0.4, -0.2) is 69.6 Å². The number of carbonyl (C=O) groups is 1. The zero-order chi connectivity index (χ0) is 33.6. The quantitative estimate of drug-likeness (QED) is 0.296. The Hall–Kier alpha value is -3.86. The molecular formula is C29H25F9N4O4. The Morgan fingerprint density at radius 3 is 1.93 bits per heavy atom. The number of aromatic nitrogens is 2. The lowest BCUT2D eigenvalue weighted by atomic mass is 9.80. The largest absolute Gasteiger partial charge is 0.455 e. The van der Waals surface area contributed by atoms with Crippen LogP contribution in [0.3, 0.4) is 0 Å². The van der Waals surface area contributed by atoms with Gasteiger partial charge in [0.25, 0.3) is 5.91 Å². The number of aliphatic hydroxyl groups is 2. The molecule has 3 aromatic rings. The Morgan fingerprint density at radius 1 is 0.913 bits per heavy atom. The van der Waals surface area contributed by atoms with E-state index in [0.717, 1.165) is 0 Å². The number of halogens is 9. The van der Waals surface area contributed by atoms with Crippen LogP contribution < -0.4 is 15.6 Å². The van der Waals surface area contributed by atoms with Crippen LogP contribution in [0.5, 0.6) is 0 Å². The van der Waals surface area contributed by atoms with Gasteiger partial charge >= 0.3 is 12.1 Å². The topological polar surface area (TPSA) is 108 Å². The van der Waals surface area contributed by atoms with Gasteiger partial charge in [0.1, 0.15) is 22.6 Å². The summed E-state index contributed by atoms with van der Waals surface area (Å²) in [5, 5.41) is 20.1. The minimum Gasteiger partial charge on any atom is -0.396 e. The van der Waals surface area contributed by atoms with Crippen LogP contribution in [0.25, 0.3) is 16.7 Å². The molecule has 2 aromatic heterocycles. The van der Waals surface area contributed by atoms with E-state index in [0.29, 0.717) is 16.8 Å². The highest BCUT2D eigenvalue weighted by atomic mass is 19.4. The van der Waals surface area contributed by atoms with E-state index in [9.17, 15) is 37.4 Å². The normalized spacial score (nSPS) is 18.5. The summed E-state index contributed by atoms with van der Waals surface area (Å²) in [6, 6.07) is 1.03. The number of nitrogens with one attached hydrogen (secondary N) is 1. The number of pyridine rings is 2. The molecule has 0 bridgehead atoms. The lowest BCUT2D eigenvalue weighted by Gasteiger charge is -2.48. The van der Waals surface area contributed by atoms with E-state index in [4.69, 9.17) is 0 Å². The van der Waals surface area contributed by atoms with Crippen LogP contribution in [0, 0.1) is 40.5 Å². The van der Waals surface area contributed by atoms with Crippen molar-refractivity contribution >= 4 is 22.8 Å². The van der Waals surface area contributed by atoms with E-state index in [1.165, 1.54) is 4.90 Å². The highest BCUT2D eigenvalue weighted by Gasteiger charge is 2.77. The van der Waals surface area contributed by atoms with Gasteiger partial charge in [0.15, 0.2) is 28.9 Å². The molecular weight excluding hydrogens is 639 g/mol. The summed E-state index contributed by atoms with van der Waals surface area (Å²) in [5.41, 5.74) is -8.51. The zero-order valence-electron chi connectivity index (χ0n) is 23.6. The summed E-state index contributed by atoms with van der Waals surface area (Å²) in [6.45, 7) is -1.23. The number of amides is 1. The molecule has 2 aliphatic carbocycles. The molecule has 8 nitrogen and oxygen atoms in total. The SMILES string of the molecule is O=C(NC(C1CC1)(C1CC1)C(F)(F)C(F)(F)F)c1cn(-c2c(F)cc(F)cc2F)c2nc(N3CC(CO)(CO)C3)c(F)cc2c1=O. The second kappa shape index (κ2) is 10.6. The third-order valence-corrected chi connectivity index (χ3v) is 9.04. The van der Waals surface area contributed by atoms with Crippen LogP contribution in [0.1, 0.15) is 36.0 Å². The number of nitrogens with zero attached hydrogens (tertiary/aromatic N) is 3. The minimum absolute atomic E-state index is 0.0708. The fourth-order valence-corrected chi connectivity index (χ4v) is 6.39. The van der Waals surface area contributed by atoms with Crippen molar-refractivity contribution in [3.8, 4) is 5.69 Å². The first-order valence-electron chi connectivity index (χ1n) is 14.1. The first-order chi connectivity index (χ1) is 21.5. The van der Waals surface area contributed by atoms with Crippen molar-refractivity contribution in [2.24, 2.45) is 17.3 Å². The molecule has 1 aromatic carbocycles. The number of alkyl halides is 5. The van der Waals surface area contributed by atoms with Gasteiger partial charge in [-0.05, 0) is 43.6 Å². The van der Waals surface area contributed by atoms with E-state index < -0.39 is 111 Å². The average Bonchev–Trinajstić information content (AvgIpc) is 3.86. The van der Waals surface area contributed by atoms with E-state index in [1.54, 1.807) is 5.32 Å². The predicted molar refractivity (Wildman–Crippen MR) is 143 cm³/mol. The second-order valence-electron chi connectivity index (χ2n) is 12.2. The summed E-state index contributed by atoms with van der Waals surface area (Å²) in [5.74, 6) is -16.0. The van der Waals surface area contributed by atoms with E-state index in [2.05, 4.69) is 4.98 Å². The maximum absolute atomic E-state index is 15.4. The second-order valence-corrected chi connectivity index (χ2v) is 12.2. The third-order valence-electron chi connectivity index (χ3n) is 9.04. The van der Waals surface area contributed by atoms with Gasteiger partial charge in [-0.15, -0.1) is 0 Å². The highest BCUT2D eigenvalue weighted by molar-refractivity contribution is 5.98. The Morgan fingerprint density at radius 2 is 1.46 bits per heavy atom. The number of hydrogen-bond acceptors (Lipinski definition) is 6. The molecule has 1 amide bonds. The van der Waals surface area contributed by atoms with E-state index >= 15 is 22.0 Å². The molecule has 3 aliphatic rings. The van der Waals surface area contributed by atoms with Crippen molar-refractivity contribution in [2.45, 2.75) is 43.3 Å². The van der Waals surface area contributed by atoms with Crippen LogP contribution in [0.15, 0.2) is 29.2 Å². The first-order valence-corrected chi connectivity index (χ1v) is 14.1. The van der Waals surface area contributed by atoms with Gasteiger partial charge in [0.05, 0.1) is 24.0 Å². The fourth-order valence-electron chi connectivity index (χ4n) is 6.39. The smallest absolute Gasteiger partial charge is 0.396 e. The van der Waals surface area contributed by atoms with Gasteiger partial charge in [0, 0.05) is 31.4 Å². The number of benzene rings is 1. The van der Waals surface area contributed by atoms with Crippen LogP contribution >= 0.6 is 0 Å². The van der Waals surface area contributed by atoms with Crippen molar-refractivity contribution in [1.29, 1.82) is 0 Å². The predicted octanol–water partition coefficient (Wildman–Crippen LogP) is 4.22. The molecule has 3 fully saturated rings. The first kappa shape index (κ1) is 32.1. The minimum atomic E-state index is -6.08. The fraction of sp³-hybridized carbons (Fsp3) is 0.483. The Bertz CT molecular complexity index is 1760. The summed E-state index contributed by atoms with van der Waals surface area (Å²) in [6.07, 6.45) is -5.90. The molecule has 2 saturated carbocycles. The summed E-state index contributed by atoms with van der Waals surface area (Å²) >= 11 is 0. The molecule has 0 atom stereocenters. The van der Waals surface area contributed by atoms with Gasteiger partial charge in [0.2, 0.25) is 5.43 Å². The molecule has 3 N–H and O–H groups in total. The summed E-state index contributed by atoms with van der Waals surface area (Å²) < 4.78 is 132. The van der Waals surface area contributed by atoms with Crippen LogP contribution in [0.4, 0.5) is 45.3 Å². The molecule has 17 heteroatoms. The number of aliphatic hydroxyl groups excluding tert-OH is 2. The summed E-state index contributed by atoms with van der Waals surface area (Å²) in [4.78, 5) is 32.4. The molecule has 0 radical (unpaired) electrons. The van der Waals surface area contributed by atoms with Gasteiger partial charge in [-0.3, -0.25) is 14.2 Å². The molecule has 46 heavy (non-hydrogen) atoms. The molecule has 3 heterocycles. The standard InChI is InChI=1S/C29H25F9N4O4/c30-15-5-18(31)21(19(32)6-15)42-8-17(25(46)40-27(13-1-2-13,14-3-4-14)28(34,35)29(36,37)38)22(45)16-7-20(33)24(39-23(16)42)41-9-26(10-41,11-43)12-44/h5-8,13-14,43-44H,1-4,9-12H2,(H,40,46). The average molecular weight is 665 g/mol. The molecule has 248 valence electrons. The molecule has 1 saturated heterocycles. The van der Waals surface area contributed by atoms with Crippen molar-refractivity contribution < 1.29 is 54.5 Å². The maximum atomic E-state index is 15.4. The molecule has 1 aliphatic heterocycles. The molecule has 0 unspecified atom stereocenters. The molecule has 0 spiro atoms. The number of carbonyl (C=O) groups excluding carboxylic acids is 1. The van der Waals surface area contributed by atoms with Crippen LogP contribution in [0.2, 0.25) is 0 Å². The van der Waals surface area contributed by atoms with E-state index in [1.807, 2.05) is 0 Å². The van der Waals surface area contributed by atoms with Crippen molar-refractivity contribution in [1.82, 2.24) is 14.9 Å². The van der Waals surface area contributed by atoms with Crippen molar-refractivity contribution in [3.05, 3.63) is 63.5 Å². The Balaban J connectivity index is 1.54. The zero-order valence-corrected chi connectivity index (χ0v) is 23.6. The van der Waals surface area contributed by atoms with E-state index in [-0.39, 0.29) is 50.9 Å². The Kier molecular flexibility index (Phi) is 7.38. The van der Waals surface area contributed by atoms with Crippen LogP contribution in [-0.2, 0) is 0 Å².